The van der Waals surface area contributed by atoms with Gasteiger partial charge in [-0.25, -0.2) is 0 Å². The summed E-state index contributed by atoms with van der Waals surface area (Å²) in [7, 11) is 0. The minimum absolute atomic E-state index is 0.593. The van der Waals surface area contributed by atoms with Crippen LogP contribution < -0.4 is 4.74 Å². The monoisotopic (exact) mass is 479 g/mol. The molecule has 4 rings (SSSR count). The van der Waals surface area contributed by atoms with Gasteiger partial charge in [-0.1, -0.05) is 87.2 Å². The van der Waals surface area contributed by atoms with Crippen LogP contribution in [0.2, 0.25) is 0 Å². The molecule has 188 valence electrons. The quantitative estimate of drug-likeness (QED) is 0.164. The van der Waals surface area contributed by atoms with Crippen molar-refractivity contribution in [3.8, 4) is 17.0 Å². The van der Waals surface area contributed by atoms with Crippen molar-refractivity contribution in [2.45, 2.75) is 78.4 Å². The average Bonchev–Trinajstić information content (AvgIpc) is 3.29. The van der Waals surface area contributed by atoms with Crippen molar-refractivity contribution >= 4 is 0 Å². The predicted octanol–water partition coefficient (Wildman–Crippen LogP) is 9.19. The number of hydrogen-bond acceptors (Lipinski definition) is 1. The van der Waals surface area contributed by atoms with Crippen molar-refractivity contribution in [1.29, 1.82) is 0 Å². The van der Waals surface area contributed by atoms with E-state index in [9.17, 15) is 0 Å². The molecule has 2 nitrogen and oxygen atoms in total. The Morgan fingerprint density at radius 2 is 1.28 bits per heavy atom. The molecular weight excluding hydrogens is 438 g/mol. The van der Waals surface area contributed by atoms with Crippen molar-refractivity contribution < 1.29 is 4.74 Å². The lowest BCUT2D eigenvalue weighted by atomic mass is 10.0. The summed E-state index contributed by atoms with van der Waals surface area (Å²) in [6.07, 6.45) is 10.2. The van der Waals surface area contributed by atoms with Crippen LogP contribution in [0, 0.1) is 6.92 Å². The minimum Gasteiger partial charge on any atom is -0.489 e. The molecule has 0 unspecified atom stereocenters. The fourth-order valence-electron chi connectivity index (χ4n) is 4.83. The smallest absolute Gasteiger partial charge is 0.119 e. The Bertz CT molecular complexity index is 1160. The van der Waals surface area contributed by atoms with Gasteiger partial charge < -0.3 is 9.30 Å². The largest absolute Gasteiger partial charge is 0.489 e. The van der Waals surface area contributed by atoms with Gasteiger partial charge in [0.05, 0.1) is 0 Å². The SMILES string of the molecule is CCCCCCCc1ccc(CCCn2c(C)ccc2-c2ccc(OCc3ccccc3)cc2)cc1. The zero-order valence-electron chi connectivity index (χ0n) is 22.1. The molecule has 1 aromatic heterocycles. The molecule has 36 heavy (non-hydrogen) atoms. The van der Waals surface area contributed by atoms with Crippen LogP contribution in [0.1, 0.15) is 67.8 Å². The molecule has 0 spiro atoms. The highest BCUT2D eigenvalue weighted by Gasteiger charge is 2.08. The van der Waals surface area contributed by atoms with E-state index in [1.54, 1.807) is 0 Å². The fraction of sp³-hybridized carbons (Fsp3) is 0.353. The van der Waals surface area contributed by atoms with Gasteiger partial charge in [-0.15, -0.1) is 0 Å². The first-order chi connectivity index (χ1) is 17.7. The Kier molecular flexibility index (Phi) is 9.85. The number of unbranched alkanes of at least 4 members (excludes halogenated alkanes) is 4. The lowest BCUT2D eigenvalue weighted by Crippen LogP contribution is -2.04. The molecule has 1 heterocycles. The standard InChI is InChI=1S/C34H41NO/c1-3-4-5-6-8-12-29-17-19-30(20-18-29)15-11-26-35-28(2)16-25-34(35)32-21-23-33(24-22-32)36-27-31-13-9-7-10-14-31/h7,9-10,13-14,16-25H,3-6,8,11-12,15,26-27H2,1-2H3. The molecule has 0 bridgehead atoms. The molecule has 0 saturated carbocycles. The van der Waals surface area contributed by atoms with E-state index >= 15 is 0 Å². The molecule has 4 aromatic rings. The maximum absolute atomic E-state index is 5.97. The second-order valence-corrected chi connectivity index (χ2v) is 9.89. The summed E-state index contributed by atoms with van der Waals surface area (Å²) >= 11 is 0. The van der Waals surface area contributed by atoms with Crippen LogP contribution in [0.3, 0.4) is 0 Å². The Balaban J connectivity index is 1.27. The van der Waals surface area contributed by atoms with Crippen LogP contribution >= 0.6 is 0 Å². The predicted molar refractivity (Wildman–Crippen MR) is 153 cm³/mol. The molecule has 0 aliphatic heterocycles. The highest BCUT2D eigenvalue weighted by molar-refractivity contribution is 5.62. The third kappa shape index (κ3) is 7.62. The summed E-state index contributed by atoms with van der Waals surface area (Å²) in [5, 5.41) is 0. The molecule has 0 aliphatic carbocycles. The number of ether oxygens (including phenoxy) is 1. The van der Waals surface area contributed by atoms with Crippen LogP contribution in [0.4, 0.5) is 0 Å². The lowest BCUT2D eigenvalue weighted by molar-refractivity contribution is 0.306. The molecule has 0 fully saturated rings. The highest BCUT2D eigenvalue weighted by atomic mass is 16.5. The first kappa shape index (κ1) is 25.8. The van der Waals surface area contributed by atoms with Gasteiger partial charge in [0.1, 0.15) is 12.4 Å². The van der Waals surface area contributed by atoms with Gasteiger partial charge >= 0.3 is 0 Å². The van der Waals surface area contributed by atoms with Crippen molar-refractivity contribution in [3.63, 3.8) is 0 Å². The van der Waals surface area contributed by atoms with E-state index in [1.807, 2.05) is 18.2 Å². The van der Waals surface area contributed by atoms with Gasteiger partial charge in [-0.3, -0.25) is 0 Å². The lowest BCUT2D eigenvalue weighted by Gasteiger charge is -2.13. The summed E-state index contributed by atoms with van der Waals surface area (Å²) in [5.74, 6) is 0.904. The number of rotatable bonds is 14. The Hall–Kier alpha value is -3.26. The van der Waals surface area contributed by atoms with Crippen LogP contribution in [-0.2, 0) is 26.0 Å². The molecule has 0 N–H and O–H groups in total. The van der Waals surface area contributed by atoms with Crippen LogP contribution in [-0.4, -0.2) is 4.57 Å². The van der Waals surface area contributed by atoms with Crippen molar-refractivity contribution in [2.24, 2.45) is 0 Å². The molecule has 3 aromatic carbocycles. The van der Waals surface area contributed by atoms with E-state index in [0.29, 0.717) is 6.61 Å². The van der Waals surface area contributed by atoms with Crippen molar-refractivity contribution in [2.75, 3.05) is 0 Å². The molecule has 0 aliphatic rings. The third-order valence-corrected chi connectivity index (χ3v) is 7.04. The first-order valence-electron chi connectivity index (χ1n) is 13.7. The van der Waals surface area contributed by atoms with E-state index < -0.39 is 0 Å². The van der Waals surface area contributed by atoms with E-state index in [-0.39, 0.29) is 0 Å². The maximum atomic E-state index is 5.97. The van der Waals surface area contributed by atoms with E-state index in [1.165, 1.54) is 72.2 Å². The molecule has 0 amide bonds. The zero-order valence-corrected chi connectivity index (χ0v) is 22.1. The number of benzene rings is 3. The fourth-order valence-corrected chi connectivity index (χ4v) is 4.83. The van der Waals surface area contributed by atoms with E-state index in [2.05, 4.69) is 91.2 Å². The normalized spacial score (nSPS) is 11.1. The minimum atomic E-state index is 0.593. The third-order valence-electron chi connectivity index (χ3n) is 7.04. The van der Waals surface area contributed by atoms with Gasteiger partial charge in [0.2, 0.25) is 0 Å². The van der Waals surface area contributed by atoms with Crippen molar-refractivity contribution in [1.82, 2.24) is 4.57 Å². The van der Waals surface area contributed by atoms with Gasteiger partial charge in [-0.2, -0.15) is 0 Å². The molecule has 0 atom stereocenters. The van der Waals surface area contributed by atoms with Crippen molar-refractivity contribution in [3.05, 3.63) is 113 Å². The molecular formula is C34H41NO. The Morgan fingerprint density at radius 3 is 1.97 bits per heavy atom. The molecule has 0 radical (unpaired) electrons. The molecule has 0 saturated heterocycles. The molecule has 2 heteroatoms. The summed E-state index contributed by atoms with van der Waals surface area (Å²) < 4.78 is 8.42. The highest BCUT2D eigenvalue weighted by Crippen LogP contribution is 2.26. The number of aromatic nitrogens is 1. The van der Waals surface area contributed by atoms with Gasteiger partial charge in [-0.05, 0) is 91.3 Å². The number of hydrogen-bond donors (Lipinski definition) is 0. The second kappa shape index (κ2) is 13.7. The first-order valence-corrected chi connectivity index (χ1v) is 13.7. The topological polar surface area (TPSA) is 14.2 Å². The summed E-state index contributed by atoms with van der Waals surface area (Å²) in [4.78, 5) is 0. The summed E-state index contributed by atoms with van der Waals surface area (Å²) in [6.45, 7) is 6.10. The van der Waals surface area contributed by atoms with Gasteiger partial charge in [0, 0.05) is 17.9 Å². The van der Waals surface area contributed by atoms with E-state index in [4.69, 9.17) is 4.74 Å². The van der Waals surface area contributed by atoms with E-state index in [0.717, 1.165) is 25.1 Å². The van der Waals surface area contributed by atoms with Gasteiger partial charge in [0.15, 0.2) is 0 Å². The van der Waals surface area contributed by atoms with Crippen LogP contribution in [0.15, 0.2) is 91.0 Å². The maximum Gasteiger partial charge on any atom is 0.119 e. The number of aryl methyl sites for hydroxylation is 3. The summed E-state index contributed by atoms with van der Waals surface area (Å²) in [6, 6.07) is 32.6. The second-order valence-electron chi connectivity index (χ2n) is 9.89. The van der Waals surface area contributed by atoms with Crippen LogP contribution in [0.25, 0.3) is 11.3 Å². The summed E-state index contributed by atoms with van der Waals surface area (Å²) in [5.41, 5.74) is 7.93. The number of nitrogens with zero attached hydrogens (tertiary/aromatic N) is 1. The Morgan fingerprint density at radius 1 is 0.611 bits per heavy atom. The van der Waals surface area contributed by atoms with Gasteiger partial charge in [0.25, 0.3) is 0 Å². The Labute approximate surface area is 218 Å². The average molecular weight is 480 g/mol. The van der Waals surface area contributed by atoms with Crippen LogP contribution in [0.5, 0.6) is 5.75 Å². The zero-order chi connectivity index (χ0) is 25.0.